The first-order chi connectivity index (χ1) is 21.2. The maximum absolute atomic E-state index is 11.7. The third-order valence-electron chi connectivity index (χ3n) is 7.38. The molecule has 6 rings (SSSR count). The van der Waals surface area contributed by atoms with Gasteiger partial charge in [0.05, 0.1) is 6.20 Å². The average molecular weight is 602 g/mol. The van der Waals surface area contributed by atoms with Crippen molar-refractivity contribution in [2.75, 3.05) is 5.73 Å². The Hall–Kier alpha value is -5.35. The number of aromatic nitrogens is 5. The summed E-state index contributed by atoms with van der Waals surface area (Å²) in [5.74, 6) is 0.920. The Labute approximate surface area is 259 Å². The van der Waals surface area contributed by atoms with Crippen LogP contribution in [0.4, 0.5) is 5.82 Å². The van der Waals surface area contributed by atoms with Crippen molar-refractivity contribution in [2.24, 2.45) is 7.05 Å². The van der Waals surface area contributed by atoms with Crippen molar-refractivity contribution in [2.45, 2.75) is 27.3 Å². The van der Waals surface area contributed by atoms with E-state index < -0.39 is 0 Å². The molecule has 9 nitrogen and oxygen atoms in total. The van der Waals surface area contributed by atoms with Gasteiger partial charge in [0.2, 0.25) is 5.91 Å². The van der Waals surface area contributed by atoms with Gasteiger partial charge in [-0.05, 0) is 72.9 Å². The van der Waals surface area contributed by atoms with Crippen LogP contribution < -0.4 is 15.8 Å². The van der Waals surface area contributed by atoms with E-state index in [9.17, 15) is 4.79 Å². The summed E-state index contributed by atoms with van der Waals surface area (Å²) >= 11 is 1.68. The molecular formula is C34H31N7O2S. The normalized spacial score (nSPS) is 11.1. The summed E-state index contributed by atoms with van der Waals surface area (Å²) in [5, 5.41) is 8.14. The van der Waals surface area contributed by atoms with E-state index in [0.29, 0.717) is 24.1 Å². The fraction of sp³-hybridized carbons (Fsp3) is 0.147. The van der Waals surface area contributed by atoms with Gasteiger partial charge in [-0.2, -0.15) is 5.10 Å². The Kier molecular flexibility index (Phi) is 7.67. The predicted molar refractivity (Wildman–Crippen MR) is 175 cm³/mol. The largest absolute Gasteiger partial charge is 0.424 e. The van der Waals surface area contributed by atoms with Crippen molar-refractivity contribution in [1.82, 2.24) is 30.0 Å². The Morgan fingerprint density at radius 1 is 1.05 bits per heavy atom. The van der Waals surface area contributed by atoms with Crippen LogP contribution in [-0.2, 0) is 18.4 Å². The second-order valence-corrected chi connectivity index (χ2v) is 11.6. The monoisotopic (exact) mass is 601 g/mol. The van der Waals surface area contributed by atoms with Crippen molar-refractivity contribution in [3.8, 4) is 44.5 Å². The van der Waals surface area contributed by atoms with E-state index >= 15 is 0 Å². The minimum Gasteiger partial charge on any atom is -0.424 e. The van der Waals surface area contributed by atoms with E-state index in [4.69, 9.17) is 10.5 Å². The molecule has 0 spiro atoms. The zero-order valence-corrected chi connectivity index (χ0v) is 25.7. The number of thiophene rings is 1. The highest BCUT2D eigenvalue weighted by atomic mass is 32.1. The van der Waals surface area contributed by atoms with Crippen LogP contribution in [0.25, 0.3) is 42.8 Å². The van der Waals surface area contributed by atoms with Crippen LogP contribution in [0, 0.1) is 20.8 Å². The number of nitrogen functional groups attached to an aromatic ring is 1. The lowest BCUT2D eigenvalue weighted by Crippen LogP contribution is -2.19. The number of anilines is 1. The van der Waals surface area contributed by atoms with Crippen molar-refractivity contribution in [1.29, 1.82) is 0 Å². The van der Waals surface area contributed by atoms with Gasteiger partial charge in [-0.15, -0.1) is 11.3 Å². The lowest BCUT2D eigenvalue weighted by molar-refractivity contribution is -0.116. The molecule has 0 saturated carbocycles. The third-order valence-corrected chi connectivity index (χ3v) is 8.64. The number of benzene rings is 2. The van der Waals surface area contributed by atoms with Gasteiger partial charge in [0.1, 0.15) is 11.6 Å². The minimum absolute atomic E-state index is 0.207. The topological polar surface area (TPSA) is 121 Å². The molecule has 0 bridgehead atoms. The molecule has 0 radical (unpaired) electrons. The van der Waals surface area contributed by atoms with Gasteiger partial charge in [-0.3, -0.25) is 9.48 Å². The highest BCUT2D eigenvalue weighted by Gasteiger charge is 2.23. The number of hydrogen-bond donors (Lipinski definition) is 2. The van der Waals surface area contributed by atoms with Crippen LogP contribution >= 0.6 is 11.3 Å². The Morgan fingerprint density at radius 3 is 2.59 bits per heavy atom. The molecule has 1 amide bonds. The first kappa shape index (κ1) is 28.8. The lowest BCUT2D eigenvalue weighted by atomic mass is 9.94. The van der Waals surface area contributed by atoms with Crippen LogP contribution in [0.2, 0.25) is 0 Å². The molecule has 220 valence electrons. The molecule has 0 aliphatic carbocycles. The number of rotatable bonds is 8. The Balaban J connectivity index is 1.52. The number of fused-ring (bicyclic) bond motifs is 1. The number of hydrogen-bond acceptors (Lipinski definition) is 8. The molecule has 4 heterocycles. The summed E-state index contributed by atoms with van der Waals surface area (Å²) in [6.07, 6.45) is 8.60. The van der Waals surface area contributed by atoms with Gasteiger partial charge in [0, 0.05) is 69.5 Å². The van der Waals surface area contributed by atoms with Gasteiger partial charge in [-0.1, -0.05) is 30.8 Å². The van der Waals surface area contributed by atoms with E-state index in [1.165, 1.54) is 6.08 Å². The summed E-state index contributed by atoms with van der Waals surface area (Å²) < 4.78 is 8.86. The van der Waals surface area contributed by atoms with Crippen LogP contribution in [-0.4, -0.2) is 30.6 Å². The summed E-state index contributed by atoms with van der Waals surface area (Å²) in [7, 11) is 1.90. The summed E-state index contributed by atoms with van der Waals surface area (Å²) in [5.41, 5.74) is 15.5. The number of nitrogens with zero attached hydrogens (tertiary/aromatic N) is 5. The van der Waals surface area contributed by atoms with Crippen LogP contribution in [0.15, 0.2) is 79.9 Å². The Morgan fingerprint density at radius 2 is 1.89 bits per heavy atom. The quantitative estimate of drug-likeness (QED) is 0.182. The fourth-order valence-corrected chi connectivity index (χ4v) is 6.65. The number of nitrogens with one attached hydrogen (secondary N) is 1. The van der Waals surface area contributed by atoms with E-state index in [-0.39, 0.29) is 5.91 Å². The number of pyridine rings is 1. The second-order valence-electron chi connectivity index (χ2n) is 10.6. The molecule has 0 fully saturated rings. The van der Waals surface area contributed by atoms with Crippen molar-refractivity contribution < 1.29 is 9.53 Å². The number of amides is 1. The molecule has 10 heteroatoms. The molecule has 3 N–H and O–H groups in total. The minimum atomic E-state index is -0.207. The molecule has 0 aliphatic heterocycles. The standard InChI is InChI=1S/C34H31N7O2S/c1-6-28(42)37-15-22-7-9-25(19(2)13-22)31-29(23-8-10-27(20(3)14-23)43-34-36-12-11-21(4)40-34)30-32(44-31)26(17-38-33(30)35)24-16-39-41(5)18-24/h6-14,16-18H,1,15H2,2-5H3,(H2,35,38)(H,37,42). The first-order valence-electron chi connectivity index (χ1n) is 14.0. The molecule has 0 atom stereocenters. The second kappa shape index (κ2) is 11.7. The number of nitrogens with two attached hydrogens (primary N) is 1. The molecule has 44 heavy (non-hydrogen) atoms. The van der Waals surface area contributed by atoms with Crippen LogP contribution in [0.1, 0.15) is 22.4 Å². The highest BCUT2D eigenvalue weighted by molar-refractivity contribution is 7.23. The predicted octanol–water partition coefficient (Wildman–Crippen LogP) is 6.92. The number of carbonyl (C=O) groups is 1. The van der Waals surface area contributed by atoms with E-state index in [1.54, 1.807) is 22.2 Å². The SMILES string of the molecule is C=CC(=O)NCc1ccc(-c2sc3c(-c4cnn(C)c4)cnc(N)c3c2-c2ccc(Oc3nccc(C)n3)c(C)c2)c(C)c1. The maximum Gasteiger partial charge on any atom is 0.322 e. The Bertz CT molecular complexity index is 2060. The average Bonchev–Trinajstić information content (AvgIpc) is 3.62. The summed E-state index contributed by atoms with van der Waals surface area (Å²) in [6.45, 7) is 9.93. The van der Waals surface area contributed by atoms with Gasteiger partial charge in [-0.25, -0.2) is 15.0 Å². The van der Waals surface area contributed by atoms with Crippen molar-refractivity contribution in [3.63, 3.8) is 0 Å². The van der Waals surface area contributed by atoms with E-state index in [0.717, 1.165) is 65.2 Å². The van der Waals surface area contributed by atoms with Crippen molar-refractivity contribution >= 4 is 33.1 Å². The van der Waals surface area contributed by atoms with E-state index in [2.05, 4.69) is 57.1 Å². The van der Waals surface area contributed by atoms with Crippen LogP contribution in [0.3, 0.4) is 0 Å². The molecule has 4 aromatic heterocycles. The third kappa shape index (κ3) is 5.55. The molecule has 2 aromatic carbocycles. The summed E-state index contributed by atoms with van der Waals surface area (Å²) in [6, 6.07) is 14.4. The van der Waals surface area contributed by atoms with Crippen LogP contribution in [0.5, 0.6) is 11.8 Å². The zero-order valence-electron chi connectivity index (χ0n) is 24.9. The first-order valence-corrected chi connectivity index (χ1v) is 14.8. The molecule has 0 aliphatic rings. The van der Waals surface area contributed by atoms with Crippen molar-refractivity contribution in [3.05, 3.63) is 102 Å². The number of ether oxygens (including phenoxy) is 1. The molecule has 0 saturated heterocycles. The highest BCUT2D eigenvalue weighted by Crippen LogP contribution is 2.50. The maximum atomic E-state index is 11.7. The smallest absolute Gasteiger partial charge is 0.322 e. The lowest BCUT2D eigenvalue weighted by Gasteiger charge is -2.13. The zero-order chi connectivity index (χ0) is 31.0. The van der Waals surface area contributed by atoms with Gasteiger partial charge < -0.3 is 15.8 Å². The fourth-order valence-electron chi connectivity index (χ4n) is 5.20. The van der Waals surface area contributed by atoms with Gasteiger partial charge >= 0.3 is 6.01 Å². The summed E-state index contributed by atoms with van der Waals surface area (Å²) in [4.78, 5) is 26.1. The van der Waals surface area contributed by atoms with E-state index in [1.807, 2.05) is 63.8 Å². The van der Waals surface area contributed by atoms with Gasteiger partial charge in [0.15, 0.2) is 0 Å². The molecule has 0 unspecified atom stereocenters. The number of carbonyl (C=O) groups excluding carboxylic acids is 1. The number of aryl methyl sites for hydroxylation is 4. The molecular weight excluding hydrogens is 570 g/mol. The molecule has 6 aromatic rings. The van der Waals surface area contributed by atoms with Gasteiger partial charge in [0.25, 0.3) is 0 Å².